The summed E-state index contributed by atoms with van der Waals surface area (Å²) in [5.74, 6) is 0.296. The van der Waals surface area contributed by atoms with Crippen molar-refractivity contribution in [2.45, 2.75) is 31.7 Å². The molecule has 0 bridgehead atoms. The van der Waals surface area contributed by atoms with Crippen LogP contribution in [-0.4, -0.2) is 34.9 Å². The maximum atomic E-state index is 12.6. The molecule has 3 nitrogen and oxygen atoms in total. The summed E-state index contributed by atoms with van der Waals surface area (Å²) >= 11 is -0.0848. The van der Waals surface area contributed by atoms with E-state index in [0.29, 0.717) is 5.91 Å². The van der Waals surface area contributed by atoms with Crippen LogP contribution in [0.2, 0.25) is 0 Å². The summed E-state index contributed by atoms with van der Waals surface area (Å²) in [7, 11) is 0. The van der Waals surface area contributed by atoms with Crippen LogP contribution in [0.1, 0.15) is 24.8 Å². The number of halogens is 1. The standard InChI is InChI=1S/C15H22IN2O/c1-16-17-14(12-13-8-4-2-5-9-13)15(19)18-10-6-3-7-11-18/h2,4-5,8-9,14,17H,3,6-7,10-12H2,1H3/q-1/t14-/m0/s1. The van der Waals surface area contributed by atoms with Crippen LogP contribution in [-0.2, 0) is 11.2 Å². The average Bonchev–Trinajstić information content (AvgIpc) is 2.48. The van der Waals surface area contributed by atoms with Crippen LogP contribution in [0.5, 0.6) is 0 Å². The zero-order valence-electron chi connectivity index (χ0n) is 11.4. The number of rotatable bonds is 5. The molecular weight excluding hydrogens is 351 g/mol. The Morgan fingerprint density at radius 3 is 2.58 bits per heavy atom. The molecule has 0 spiro atoms. The zero-order valence-corrected chi connectivity index (χ0v) is 13.6. The number of hydrogen-bond donors (Lipinski definition) is 1. The van der Waals surface area contributed by atoms with Crippen LogP contribution in [0, 0.1) is 0 Å². The van der Waals surface area contributed by atoms with Gasteiger partial charge in [-0.2, -0.15) is 0 Å². The third-order valence-corrected chi connectivity index (χ3v) is 4.86. The Morgan fingerprint density at radius 2 is 1.95 bits per heavy atom. The summed E-state index contributed by atoms with van der Waals surface area (Å²) in [5, 5.41) is 0. The monoisotopic (exact) mass is 373 g/mol. The van der Waals surface area contributed by atoms with Gasteiger partial charge in [0.2, 0.25) is 0 Å². The van der Waals surface area contributed by atoms with Crippen molar-refractivity contribution in [3.8, 4) is 0 Å². The van der Waals surface area contributed by atoms with Gasteiger partial charge in [0.05, 0.1) is 0 Å². The molecule has 1 fully saturated rings. The molecule has 2 rings (SSSR count). The summed E-state index contributed by atoms with van der Waals surface area (Å²) in [6.07, 6.45) is 4.39. The quantitative estimate of drug-likeness (QED) is 0.401. The summed E-state index contributed by atoms with van der Waals surface area (Å²) in [6, 6.07) is 10.3. The summed E-state index contributed by atoms with van der Waals surface area (Å²) < 4.78 is 3.45. The molecule has 1 heterocycles. The van der Waals surface area contributed by atoms with Crippen LogP contribution in [0.4, 0.5) is 0 Å². The molecule has 1 aliphatic heterocycles. The Balaban J connectivity index is 2.00. The van der Waals surface area contributed by atoms with E-state index in [4.69, 9.17) is 0 Å². The SMILES string of the molecule is C[I-]N[C@@H](Cc1ccccc1)C(=O)N1CCCCC1. The van der Waals surface area contributed by atoms with Crippen molar-refractivity contribution in [2.75, 3.05) is 18.0 Å². The molecule has 0 unspecified atom stereocenters. The molecule has 0 aliphatic carbocycles. The molecule has 1 aliphatic rings. The van der Waals surface area contributed by atoms with Crippen LogP contribution in [0.25, 0.3) is 0 Å². The fourth-order valence-electron chi connectivity index (χ4n) is 2.49. The molecule has 4 heteroatoms. The van der Waals surface area contributed by atoms with E-state index in [1.54, 1.807) is 0 Å². The Labute approximate surface area is 126 Å². The van der Waals surface area contributed by atoms with Crippen molar-refractivity contribution >= 4 is 5.91 Å². The number of piperidine rings is 1. The Bertz CT molecular complexity index is 390. The second-order valence-electron chi connectivity index (χ2n) is 4.93. The van der Waals surface area contributed by atoms with Gasteiger partial charge >= 0.3 is 126 Å². The number of nitrogens with one attached hydrogen (secondary N) is 1. The van der Waals surface area contributed by atoms with Gasteiger partial charge in [-0.05, 0) is 0 Å². The maximum absolute atomic E-state index is 12.6. The molecule has 1 atom stereocenters. The summed E-state index contributed by atoms with van der Waals surface area (Å²) in [5.41, 5.74) is 1.24. The van der Waals surface area contributed by atoms with Gasteiger partial charge in [0.1, 0.15) is 0 Å². The molecule has 19 heavy (non-hydrogen) atoms. The number of benzene rings is 1. The number of carbonyl (C=O) groups excluding carboxylic acids is 1. The van der Waals surface area contributed by atoms with E-state index in [0.717, 1.165) is 32.4 Å². The van der Waals surface area contributed by atoms with E-state index in [-0.39, 0.29) is 27.5 Å². The Morgan fingerprint density at radius 1 is 1.26 bits per heavy atom. The van der Waals surface area contributed by atoms with E-state index in [1.165, 1.54) is 12.0 Å². The number of amides is 1. The molecule has 0 aromatic heterocycles. The van der Waals surface area contributed by atoms with Crippen molar-refractivity contribution < 1.29 is 26.3 Å². The molecule has 1 saturated heterocycles. The second-order valence-corrected chi connectivity index (χ2v) is 6.63. The van der Waals surface area contributed by atoms with E-state index in [9.17, 15) is 4.79 Å². The number of likely N-dealkylation sites (tertiary alicyclic amines) is 1. The van der Waals surface area contributed by atoms with Crippen molar-refractivity contribution in [3.05, 3.63) is 35.9 Å². The third kappa shape index (κ3) is 4.45. The topological polar surface area (TPSA) is 32.3 Å². The number of carbonyl (C=O) groups is 1. The van der Waals surface area contributed by atoms with Crippen molar-refractivity contribution in [1.82, 2.24) is 8.43 Å². The predicted octanol–water partition coefficient (Wildman–Crippen LogP) is -1.17. The number of hydrogen-bond acceptors (Lipinski definition) is 2. The van der Waals surface area contributed by atoms with E-state index >= 15 is 0 Å². The first kappa shape index (κ1) is 14.8. The Hall–Kier alpha value is -0.620. The van der Waals surface area contributed by atoms with Gasteiger partial charge in [0.15, 0.2) is 0 Å². The minimum atomic E-state index is -0.0848. The third-order valence-electron chi connectivity index (χ3n) is 3.49. The fourth-order valence-corrected chi connectivity index (χ4v) is 3.73. The molecule has 1 N–H and O–H groups in total. The first-order chi connectivity index (χ1) is 9.31. The van der Waals surface area contributed by atoms with Gasteiger partial charge in [0, 0.05) is 0 Å². The van der Waals surface area contributed by atoms with Crippen LogP contribution >= 0.6 is 0 Å². The molecule has 1 aromatic rings. The number of alkyl halides is 1. The molecule has 1 aromatic carbocycles. The van der Waals surface area contributed by atoms with Crippen LogP contribution in [0.15, 0.2) is 30.3 Å². The molecule has 1 amide bonds. The Kier molecular flexibility index (Phi) is 6.10. The molecular formula is C15H22IN2O-. The van der Waals surface area contributed by atoms with Gasteiger partial charge in [-0.1, -0.05) is 0 Å². The predicted molar refractivity (Wildman–Crippen MR) is 73.4 cm³/mol. The van der Waals surface area contributed by atoms with E-state index < -0.39 is 0 Å². The van der Waals surface area contributed by atoms with Crippen LogP contribution < -0.4 is 25.0 Å². The number of nitrogens with zero attached hydrogens (tertiary/aromatic N) is 1. The van der Waals surface area contributed by atoms with Gasteiger partial charge < -0.3 is 0 Å². The summed E-state index contributed by atoms with van der Waals surface area (Å²) in [6.45, 7) is 1.88. The fraction of sp³-hybridized carbons (Fsp3) is 0.533. The van der Waals surface area contributed by atoms with Gasteiger partial charge in [0.25, 0.3) is 0 Å². The van der Waals surface area contributed by atoms with Crippen molar-refractivity contribution in [2.24, 2.45) is 0 Å². The van der Waals surface area contributed by atoms with Gasteiger partial charge in [-0.15, -0.1) is 0 Å². The average molecular weight is 373 g/mol. The van der Waals surface area contributed by atoms with Crippen molar-refractivity contribution in [3.63, 3.8) is 0 Å². The van der Waals surface area contributed by atoms with Crippen molar-refractivity contribution in [1.29, 1.82) is 0 Å². The first-order valence-electron chi connectivity index (χ1n) is 6.88. The van der Waals surface area contributed by atoms with Crippen LogP contribution in [0.3, 0.4) is 0 Å². The summed E-state index contributed by atoms with van der Waals surface area (Å²) in [4.78, 5) is 16.8. The van der Waals surface area contributed by atoms with Gasteiger partial charge in [-0.3, -0.25) is 0 Å². The zero-order chi connectivity index (χ0) is 13.5. The minimum absolute atomic E-state index is 0.0294. The van der Waals surface area contributed by atoms with E-state index in [2.05, 4.69) is 20.6 Å². The molecule has 0 radical (unpaired) electrons. The van der Waals surface area contributed by atoms with E-state index in [1.807, 2.05) is 23.1 Å². The first-order valence-corrected chi connectivity index (χ1v) is 10.1. The molecule has 106 valence electrons. The van der Waals surface area contributed by atoms with Gasteiger partial charge in [-0.25, -0.2) is 0 Å². The molecule has 0 saturated carbocycles. The second kappa shape index (κ2) is 7.85. The normalized spacial score (nSPS) is 17.4.